The maximum absolute atomic E-state index is 13.7. The Morgan fingerprint density at radius 2 is 1.50 bits per heavy atom. The highest BCUT2D eigenvalue weighted by molar-refractivity contribution is 6.08. The third kappa shape index (κ3) is 5.00. The molecule has 0 fully saturated rings. The number of hydrogen-bond donors (Lipinski definition) is 2. The molecule has 0 heterocycles. The molecule has 0 aliphatic rings. The number of carbonyl (C=O) groups excluding carboxylic acids is 2. The molecule has 0 aromatic heterocycles. The summed E-state index contributed by atoms with van der Waals surface area (Å²) in [6.07, 6.45) is 0. The van der Waals surface area contributed by atoms with E-state index in [9.17, 15) is 18.4 Å². The number of ether oxygens (including phenoxy) is 1. The van der Waals surface area contributed by atoms with E-state index in [0.717, 1.165) is 34.9 Å². The molecule has 0 saturated carbocycles. The lowest BCUT2D eigenvalue weighted by atomic mass is 10.1. The van der Waals surface area contributed by atoms with E-state index in [1.165, 1.54) is 0 Å². The van der Waals surface area contributed by atoms with Crippen LogP contribution in [0.2, 0.25) is 0 Å². The first-order valence-corrected chi connectivity index (χ1v) is 9.19. The highest BCUT2D eigenvalue weighted by Gasteiger charge is 2.19. The zero-order valence-corrected chi connectivity index (χ0v) is 16.5. The van der Waals surface area contributed by atoms with Gasteiger partial charge in [0.1, 0.15) is 29.6 Å². The fourth-order valence-corrected chi connectivity index (χ4v) is 3.02. The standard InChI is InChI=1S/C23H20F2N2O3/c1-14-11-17(12-15(2)21(14)30-13-16-7-4-3-5-8-16)26-23(29)27-22(28)20-18(24)9-6-10-19(20)25/h3-12H,13H2,1-2H3,(H2,26,27,28,29). The average molecular weight is 410 g/mol. The third-order valence-corrected chi connectivity index (χ3v) is 4.36. The van der Waals surface area contributed by atoms with Crippen LogP contribution in [0.25, 0.3) is 0 Å². The smallest absolute Gasteiger partial charge is 0.326 e. The summed E-state index contributed by atoms with van der Waals surface area (Å²) in [5, 5.41) is 4.42. The molecule has 3 aromatic carbocycles. The van der Waals surface area contributed by atoms with Crippen molar-refractivity contribution < 1.29 is 23.1 Å². The lowest BCUT2D eigenvalue weighted by Gasteiger charge is -2.15. The van der Waals surface area contributed by atoms with Crippen molar-refractivity contribution in [2.24, 2.45) is 0 Å². The van der Waals surface area contributed by atoms with Crippen LogP contribution in [0.15, 0.2) is 60.7 Å². The predicted octanol–water partition coefficient (Wildman–Crippen LogP) is 5.12. The third-order valence-electron chi connectivity index (χ3n) is 4.36. The lowest BCUT2D eigenvalue weighted by molar-refractivity contribution is 0.0959. The van der Waals surface area contributed by atoms with Gasteiger partial charge < -0.3 is 10.1 Å². The summed E-state index contributed by atoms with van der Waals surface area (Å²) in [5.41, 5.74) is 2.19. The van der Waals surface area contributed by atoms with E-state index in [1.54, 1.807) is 12.1 Å². The zero-order chi connectivity index (χ0) is 21.7. The monoisotopic (exact) mass is 410 g/mol. The Morgan fingerprint density at radius 3 is 2.10 bits per heavy atom. The highest BCUT2D eigenvalue weighted by Crippen LogP contribution is 2.28. The van der Waals surface area contributed by atoms with Crippen molar-refractivity contribution >= 4 is 17.6 Å². The van der Waals surface area contributed by atoms with Gasteiger partial charge in [0, 0.05) is 5.69 Å². The van der Waals surface area contributed by atoms with Crippen LogP contribution in [0.5, 0.6) is 5.75 Å². The van der Waals surface area contributed by atoms with Crippen molar-refractivity contribution in [3.8, 4) is 5.75 Å². The number of anilines is 1. The van der Waals surface area contributed by atoms with Crippen LogP contribution in [-0.2, 0) is 6.61 Å². The van der Waals surface area contributed by atoms with Gasteiger partial charge in [-0.1, -0.05) is 36.4 Å². The lowest BCUT2D eigenvalue weighted by Crippen LogP contribution is -2.35. The second kappa shape index (κ2) is 9.17. The summed E-state index contributed by atoms with van der Waals surface area (Å²) in [6.45, 7) is 4.06. The quantitative estimate of drug-likeness (QED) is 0.613. The van der Waals surface area contributed by atoms with Crippen LogP contribution in [0, 0.1) is 25.5 Å². The largest absolute Gasteiger partial charge is 0.488 e. The number of benzene rings is 3. The molecule has 0 saturated heterocycles. The molecule has 3 aromatic rings. The molecule has 2 N–H and O–H groups in total. The maximum Gasteiger partial charge on any atom is 0.326 e. The molecule has 5 nitrogen and oxygen atoms in total. The van der Waals surface area contributed by atoms with Gasteiger partial charge in [-0.05, 0) is 54.8 Å². The van der Waals surface area contributed by atoms with E-state index in [1.807, 2.05) is 49.5 Å². The molecule has 0 spiro atoms. The van der Waals surface area contributed by atoms with E-state index in [-0.39, 0.29) is 0 Å². The zero-order valence-electron chi connectivity index (χ0n) is 16.5. The first kappa shape index (κ1) is 21.0. The first-order chi connectivity index (χ1) is 14.3. The van der Waals surface area contributed by atoms with Crippen molar-refractivity contribution in [1.82, 2.24) is 5.32 Å². The second-order valence-corrected chi connectivity index (χ2v) is 6.72. The number of imide groups is 1. The normalized spacial score (nSPS) is 10.4. The minimum Gasteiger partial charge on any atom is -0.488 e. The number of rotatable bonds is 5. The Balaban J connectivity index is 1.66. The molecule has 30 heavy (non-hydrogen) atoms. The van der Waals surface area contributed by atoms with Gasteiger partial charge in [0.25, 0.3) is 5.91 Å². The molecule has 0 aliphatic heterocycles. The first-order valence-electron chi connectivity index (χ1n) is 9.19. The van der Waals surface area contributed by atoms with Crippen molar-refractivity contribution in [2.75, 3.05) is 5.32 Å². The minimum absolute atomic E-state index is 0.401. The summed E-state index contributed by atoms with van der Waals surface area (Å²) >= 11 is 0. The topological polar surface area (TPSA) is 67.4 Å². The predicted molar refractivity (Wildman–Crippen MR) is 110 cm³/mol. The number of nitrogens with one attached hydrogen (secondary N) is 2. The van der Waals surface area contributed by atoms with Gasteiger partial charge in [-0.3, -0.25) is 10.1 Å². The van der Waals surface area contributed by atoms with Crippen LogP contribution in [0.3, 0.4) is 0 Å². The van der Waals surface area contributed by atoms with Crippen molar-refractivity contribution in [3.63, 3.8) is 0 Å². The number of hydrogen-bond acceptors (Lipinski definition) is 3. The number of halogens is 2. The van der Waals surface area contributed by atoms with Gasteiger partial charge in [-0.15, -0.1) is 0 Å². The Bertz CT molecular complexity index is 1040. The van der Waals surface area contributed by atoms with E-state index in [0.29, 0.717) is 18.0 Å². The highest BCUT2D eigenvalue weighted by atomic mass is 19.1. The van der Waals surface area contributed by atoms with E-state index >= 15 is 0 Å². The summed E-state index contributed by atoms with van der Waals surface area (Å²) in [6, 6.07) is 15.2. The fourth-order valence-electron chi connectivity index (χ4n) is 3.02. The maximum atomic E-state index is 13.7. The van der Waals surface area contributed by atoms with Crippen LogP contribution in [0.1, 0.15) is 27.0 Å². The van der Waals surface area contributed by atoms with Gasteiger partial charge in [0.2, 0.25) is 0 Å². The number of carbonyl (C=O) groups is 2. The number of amides is 3. The summed E-state index contributed by atoms with van der Waals surface area (Å²) < 4.78 is 33.3. The van der Waals surface area contributed by atoms with Gasteiger partial charge >= 0.3 is 6.03 Å². The van der Waals surface area contributed by atoms with Gasteiger partial charge in [-0.2, -0.15) is 0 Å². The van der Waals surface area contributed by atoms with Crippen LogP contribution in [-0.4, -0.2) is 11.9 Å². The Kier molecular flexibility index (Phi) is 6.41. The van der Waals surface area contributed by atoms with Crippen molar-refractivity contribution in [2.45, 2.75) is 20.5 Å². The average Bonchev–Trinajstić information content (AvgIpc) is 2.68. The Morgan fingerprint density at radius 1 is 0.900 bits per heavy atom. The molecule has 0 bridgehead atoms. The second-order valence-electron chi connectivity index (χ2n) is 6.72. The fraction of sp³-hybridized carbons (Fsp3) is 0.130. The van der Waals surface area contributed by atoms with Crippen LogP contribution >= 0.6 is 0 Å². The Hall–Kier alpha value is -3.74. The molecule has 0 radical (unpaired) electrons. The molecule has 3 rings (SSSR count). The number of aryl methyl sites for hydroxylation is 2. The molecular formula is C23H20F2N2O3. The van der Waals surface area contributed by atoms with Crippen molar-refractivity contribution in [3.05, 3.63) is 94.6 Å². The van der Waals surface area contributed by atoms with Gasteiger partial charge in [0.15, 0.2) is 0 Å². The SMILES string of the molecule is Cc1cc(NC(=O)NC(=O)c2c(F)cccc2F)cc(C)c1OCc1ccccc1. The molecule has 154 valence electrons. The van der Waals surface area contributed by atoms with Gasteiger partial charge in [0.05, 0.1) is 0 Å². The number of urea groups is 1. The van der Waals surface area contributed by atoms with E-state index in [2.05, 4.69) is 5.32 Å². The molecule has 0 aliphatic carbocycles. The van der Waals surface area contributed by atoms with Gasteiger partial charge in [-0.25, -0.2) is 13.6 Å². The van der Waals surface area contributed by atoms with Crippen LogP contribution in [0.4, 0.5) is 19.3 Å². The van der Waals surface area contributed by atoms with E-state index < -0.39 is 29.1 Å². The summed E-state index contributed by atoms with van der Waals surface area (Å²) in [4.78, 5) is 24.1. The van der Waals surface area contributed by atoms with Crippen molar-refractivity contribution in [1.29, 1.82) is 0 Å². The Labute approximate surface area is 172 Å². The molecule has 7 heteroatoms. The molecule has 0 unspecified atom stereocenters. The van der Waals surface area contributed by atoms with E-state index in [4.69, 9.17) is 4.74 Å². The summed E-state index contributed by atoms with van der Waals surface area (Å²) in [5.74, 6) is -2.58. The minimum atomic E-state index is -1.17. The molecule has 3 amide bonds. The summed E-state index contributed by atoms with van der Waals surface area (Å²) in [7, 11) is 0. The molecule has 0 atom stereocenters. The van der Waals surface area contributed by atoms with Crippen LogP contribution < -0.4 is 15.4 Å². The molecular weight excluding hydrogens is 390 g/mol.